The number of aliphatic hydroxyl groups is 1. The van der Waals surface area contributed by atoms with E-state index in [4.69, 9.17) is 19.9 Å². The number of methoxy groups -OCH3 is 1. The number of benzene rings is 1. The number of hydrogen-bond acceptors (Lipinski definition) is 4. The van der Waals surface area contributed by atoms with Gasteiger partial charge < -0.3 is 19.9 Å². The predicted molar refractivity (Wildman–Crippen MR) is 53.5 cm³/mol. The van der Waals surface area contributed by atoms with Crippen molar-refractivity contribution < 1.29 is 19.9 Å². The van der Waals surface area contributed by atoms with Gasteiger partial charge in [0.1, 0.15) is 5.75 Å². The van der Waals surface area contributed by atoms with Crippen molar-refractivity contribution in [2.75, 3.05) is 7.11 Å². The van der Waals surface area contributed by atoms with Crippen molar-refractivity contribution >= 4 is 12.6 Å². The zero-order chi connectivity index (χ0) is 10.7. The van der Waals surface area contributed by atoms with E-state index in [1.54, 1.807) is 19.1 Å². The first-order chi connectivity index (χ1) is 6.61. The summed E-state index contributed by atoms with van der Waals surface area (Å²) in [6.07, 6.45) is 0. The highest BCUT2D eigenvalue weighted by Gasteiger charge is 2.18. The third-order valence-corrected chi connectivity index (χ3v) is 2.18. The topological polar surface area (TPSA) is 69.9 Å². The molecule has 1 aromatic rings. The normalized spacial score (nSPS) is 10.1. The molecule has 0 aromatic heterocycles. The van der Waals surface area contributed by atoms with Crippen LogP contribution in [0.1, 0.15) is 11.1 Å². The van der Waals surface area contributed by atoms with Crippen molar-refractivity contribution in [1.82, 2.24) is 0 Å². The van der Waals surface area contributed by atoms with Crippen LogP contribution in [0, 0.1) is 6.92 Å². The monoisotopic (exact) mass is 196 g/mol. The SMILES string of the molecule is COc1c(CO)ccc(B(O)O)c1C. The molecule has 0 saturated carbocycles. The molecule has 3 N–H and O–H groups in total. The van der Waals surface area contributed by atoms with E-state index in [1.807, 2.05) is 0 Å². The Morgan fingerprint density at radius 2 is 2.00 bits per heavy atom. The number of aliphatic hydroxyl groups excluding tert-OH is 1. The molecule has 0 heterocycles. The first-order valence-electron chi connectivity index (χ1n) is 4.25. The van der Waals surface area contributed by atoms with Crippen LogP contribution in [0.25, 0.3) is 0 Å². The maximum Gasteiger partial charge on any atom is 0.488 e. The molecular weight excluding hydrogens is 183 g/mol. The smallest absolute Gasteiger partial charge is 0.488 e. The van der Waals surface area contributed by atoms with E-state index >= 15 is 0 Å². The second-order valence-electron chi connectivity index (χ2n) is 3.00. The summed E-state index contributed by atoms with van der Waals surface area (Å²) in [5.41, 5.74) is 1.66. The second kappa shape index (κ2) is 4.46. The first kappa shape index (κ1) is 11.0. The van der Waals surface area contributed by atoms with E-state index in [0.29, 0.717) is 22.3 Å². The van der Waals surface area contributed by atoms with Crippen molar-refractivity contribution in [2.45, 2.75) is 13.5 Å². The van der Waals surface area contributed by atoms with Gasteiger partial charge in [-0.3, -0.25) is 0 Å². The molecule has 1 rings (SSSR count). The molecule has 0 aliphatic rings. The Bertz CT molecular complexity index is 325. The van der Waals surface area contributed by atoms with Crippen LogP contribution in [0.2, 0.25) is 0 Å². The quantitative estimate of drug-likeness (QED) is 0.552. The van der Waals surface area contributed by atoms with E-state index in [2.05, 4.69) is 0 Å². The van der Waals surface area contributed by atoms with Gasteiger partial charge in [-0.05, 0) is 17.9 Å². The second-order valence-corrected chi connectivity index (χ2v) is 3.00. The molecular formula is C9H13BO4. The predicted octanol–water partition coefficient (Wildman–Crippen LogP) is -0.824. The lowest BCUT2D eigenvalue weighted by Gasteiger charge is -2.13. The molecule has 0 aliphatic heterocycles. The molecule has 5 heteroatoms. The Morgan fingerprint density at radius 1 is 1.36 bits per heavy atom. The minimum Gasteiger partial charge on any atom is -0.496 e. The third kappa shape index (κ3) is 1.90. The Balaban J connectivity index is 3.27. The fraction of sp³-hybridized carbons (Fsp3) is 0.333. The highest BCUT2D eigenvalue weighted by Crippen LogP contribution is 2.21. The molecule has 0 fully saturated rings. The van der Waals surface area contributed by atoms with E-state index in [-0.39, 0.29) is 6.61 Å². The van der Waals surface area contributed by atoms with Crippen molar-refractivity contribution in [3.63, 3.8) is 0 Å². The van der Waals surface area contributed by atoms with Gasteiger partial charge in [0.15, 0.2) is 0 Å². The van der Waals surface area contributed by atoms with E-state index in [9.17, 15) is 0 Å². The lowest BCUT2D eigenvalue weighted by atomic mass is 9.76. The van der Waals surface area contributed by atoms with Crippen LogP contribution in [0.15, 0.2) is 12.1 Å². The average Bonchev–Trinajstić information content (AvgIpc) is 2.16. The van der Waals surface area contributed by atoms with Crippen LogP contribution in [0.5, 0.6) is 5.75 Å². The maximum atomic E-state index is 9.03. The van der Waals surface area contributed by atoms with Crippen LogP contribution in [0.4, 0.5) is 0 Å². The minimum atomic E-state index is -1.52. The summed E-state index contributed by atoms with van der Waals surface area (Å²) in [5.74, 6) is 0.498. The van der Waals surface area contributed by atoms with Gasteiger partial charge in [0.25, 0.3) is 0 Å². The zero-order valence-electron chi connectivity index (χ0n) is 8.19. The fourth-order valence-electron chi connectivity index (χ4n) is 1.45. The summed E-state index contributed by atoms with van der Waals surface area (Å²) in [6, 6.07) is 3.18. The number of hydrogen-bond donors (Lipinski definition) is 3. The molecule has 0 saturated heterocycles. The zero-order valence-corrected chi connectivity index (χ0v) is 8.19. The van der Waals surface area contributed by atoms with Gasteiger partial charge in [-0.2, -0.15) is 0 Å². The fourth-order valence-corrected chi connectivity index (χ4v) is 1.45. The number of rotatable bonds is 3. The Hall–Kier alpha value is -1.04. The van der Waals surface area contributed by atoms with Crippen LogP contribution in [0.3, 0.4) is 0 Å². The summed E-state index contributed by atoms with van der Waals surface area (Å²) < 4.78 is 5.08. The molecule has 14 heavy (non-hydrogen) atoms. The van der Waals surface area contributed by atoms with Gasteiger partial charge in [0, 0.05) is 5.56 Å². The molecule has 0 amide bonds. The molecule has 1 aromatic carbocycles. The Kier molecular flexibility index (Phi) is 3.52. The Labute approximate surface area is 82.9 Å². The van der Waals surface area contributed by atoms with Gasteiger partial charge in [0.05, 0.1) is 13.7 Å². The van der Waals surface area contributed by atoms with Gasteiger partial charge in [-0.15, -0.1) is 0 Å². The van der Waals surface area contributed by atoms with Gasteiger partial charge in [-0.25, -0.2) is 0 Å². The summed E-state index contributed by atoms with van der Waals surface area (Å²) in [7, 11) is -0.0358. The van der Waals surface area contributed by atoms with E-state index < -0.39 is 7.12 Å². The Morgan fingerprint density at radius 3 is 2.43 bits per heavy atom. The number of ether oxygens (including phenoxy) is 1. The average molecular weight is 196 g/mol. The maximum absolute atomic E-state index is 9.03. The van der Waals surface area contributed by atoms with Crippen LogP contribution in [-0.2, 0) is 6.61 Å². The highest BCUT2D eigenvalue weighted by atomic mass is 16.5. The molecule has 0 aliphatic carbocycles. The van der Waals surface area contributed by atoms with Crippen LogP contribution in [-0.4, -0.2) is 29.4 Å². The molecule has 0 unspecified atom stereocenters. The van der Waals surface area contributed by atoms with Gasteiger partial charge in [0.2, 0.25) is 0 Å². The van der Waals surface area contributed by atoms with Crippen LogP contribution >= 0.6 is 0 Å². The summed E-state index contributed by atoms with van der Waals surface area (Å²) >= 11 is 0. The lowest BCUT2D eigenvalue weighted by Crippen LogP contribution is -2.32. The molecule has 0 bridgehead atoms. The largest absolute Gasteiger partial charge is 0.496 e. The molecule has 0 atom stereocenters. The van der Waals surface area contributed by atoms with E-state index in [1.165, 1.54) is 7.11 Å². The molecule has 4 nitrogen and oxygen atoms in total. The van der Waals surface area contributed by atoms with Crippen molar-refractivity contribution in [1.29, 1.82) is 0 Å². The van der Waals surface area contributed by atoms with Crippen molar-refractivity contribution in [3.8, 4) is 5.75 Å². The summed E-state index contributed by atoms with van der Waals surface area (Å²) in [6.45, 7) is 1.58. The van der Waals surface area contributed by atoms with Crippen molar-refractivity contribution in [2.24, 2.45) is 0 Å². The van der Waals surface area contributed by atoms with Gasteiger partial charge in [-0.1, -0.05) is 12.1 Å². The van der Waals surface area contributed by atoms with Crippen molar-refractivity contribution in [3.05, 3.63) is 23.3 Å². The molecule has 0 spiro atoms. The van der Waals surface area contributed by atoms with Gasteiger partial charge >= 0.3 is 7.12 Å². The molecule has 0 radical (unpaired) electrons. The summed E-state index contributed by atoms with van der Waals surface area (Å²) in [4.78, 5) is 0. The highest BCUT2D eigenvalue weighted by molar-refractivity contribution is 6.59. The minimum absolute atomic E-state index is 0.133. The first-order valence-corrected chi connectivity index (χ1v) is 4.25. The summed E-state index contributed by atoms with van der Waals surface area (Å²) in [5, 5.41) is 27.0. The standard InChI is InChI=1S/C9H13BO4/c1-6-8(10(12)13)4-3-7(5-11)9(6)14-2/h3-4,11-13H,5H2,1-2H3. The lowest BCUT2D eigenvalue weighted by molar-refractivity contribution is 0.273. The molecule has 76 valence electrons. The van der Waals surface area contributed by atoms with E-state index in [0.717, 1.165) is 0 Å². The van der Waals surface area contributed by atoms with Crippen LogP contribution < -0.4 is 10.2 Å². The third-order valence-electron chi connectivity index (χ3n) is 2.18.